The lowest BCUT2D eigenvalue weighted by atomic mass is 10.3. The molecule has 0 aliphatic heterocycles. The van der Waals surface area contributed by atoms with Gasteiger partial charge in [-0.3, -0.25) is 0 Å². The molecule has 0 aliphatic rings. The Kier molecular flexibility index (Phi) is 3.01. The molecule has 4 rings (SSSR count). The fourth-order valence-electron chi connectivity index (χ4n) is 2.25. The number of anilines is 2. The standard InChI is InChI=1S/C15H11ClN6/c16-15-19-14(12-7-4-8-22(12)20-15)18-13-9-21(10-17-13)11-5-2-1-3-6-11/h1-10H,(H,18,19,20). The van der Waals surface area contributed by atoms with Crippen molar-refractivity contribution in [2.24, 2.45) is 0 Å². The van der Waals surface area contributed by atoms with Crippen molar-refractivity contribution < 1.29 is 0 Å². The van der Waals surface area contributed by atoms with Crippen molar-refractivity contribution in [1.82, 2.24) is 24.1 Å². The van der Waals surface area contributed by atoms with Crippen LogP contribution in [0.1, 0.15) is 0 Å². The first-order valence-electron chi connectivity index (χ1n) is 6.67. The van der Waals surface area contributed by atoms with Gasteiger partial charge in [0.15, 0.2) is 5.82 Å². The monoisotopic (exact) mass is 310 g/mol. The van der Waals surface area contributed by atoms with Gasteiger partial charge in [-0.15, -0.1) is 5.10 Å². The van der Waals surface area contributed by atoms with E-state index in [1.807, 2.05) is 59.4 Å². The summed E-state index contributed by atoms with van der Waals surface area (Å²) in [6.07, 6.45) is 5.46. The molecule has 0 spiro atoms. The van der Waals surface area contributed by atoms with E-state index in [1.54, 1.807) is 10.8 Å². The zero-order valence-electron chi connectivity index (χ0n) is 11.4. The molecular weight excluding hydrogens is 300 g/mol. The van der Waals surface area contributed by atoms with E-state index in [9.17, 15) is 0 Å². The summed E-state index contributed by atoms with van der Waals surface area (Å²) >= 11 is 5.94. The van der Waals surface area contributed by atoms with Crippen molar-refractivity contribution in [1.29, 1.82) is 0 Å². The predicted octanol–water partition coefficient (Wildman–Crippen LogP) is 3.31. The number of halogens is 1. The van der Waals surface area contributed by atoms with E-state index in [4.69, 9.17) is 11.6 Å². The third kappa shape index (κ3) is 2.29. The summed E-state index contributed by atoms with van der Waals surface area (Å²) in [4.78, 5) is 8.57. The van der Waals surface area contributed by atoms with Crippen molar-refractivity contribution in [3.05, 3.63) is 66.5 Å². The number of hydrogen-bond acceptors (Lipinski definition) is 4. The van der Waals surface area contributed by atoms with Gasteiger partial charge in [-0.05, 0) is 35.9 Å². The van der Waals surface area contributed by atoms with E-state index in [-0.39, 0.29) is 5.28 Å². The minimum Gasteiger partial charge on any atom is -0.322 e. The van der Waals surface area contributed by atoms with Gasteiger partial charge < -0.3 is 9.88 Å². The zero-order chi connectivity index (χ0) is 14.9. The van der Waals surface area contributed by atoms with Crippen LogP contribution in [0.4, 0.5) is 11.6 Å². The number of nitrogens with zero attached hydrogens (tertiary/aromatic N) is 5. The lowest BCUT2D eigenvalue weighted by Gasteiger charge is -2.05. The molecule has 0 amide bonds. The van der Waals surface area contributed by atoms with Crippen LogP contribution in [0.3, 0.4) is 0 Å². The highest BCUT2D eigenvalue weighted by Crippen LogP contribution is 2.21. The molecule has 0 fully saturated rings. The van der Waals surface area contributed by atoms with Crippen molar-refractivity contribution in [2.75, 3.05) is 5.32 Å². The average molecular weight is 311 g/mol. The molecule has 0 atom stereocenters. The van der Waals surface area contributed by atoms with Crippen LogP contribution in [0.5, 0.6) is 0 Å². The minimum absolute atomic E-state index is 0.175. The Morgan fingerprint density at radius 2 is 1.91 bits per heavy atom. The third-order valence-electron chi connectivity index (χ3n) is 3.25. The van der Waals surface area contributed by atoms with Gasteiger partial charge in [0.1, 0.15) is 17.7 Å². The van der Waals surface area contributed by atoms with Crippen LogP contribution in [0.25, 0.3) is 11.2 Å². The van der Waals surface area contributed by atoms with Gasteiger partial charge in [0.2, 0.25) is 5.28 Å². The summed E-state index contributed by atoms with van der Waals surface area (Å²) in [6.45, 7) is 0. The molecule has 0 saturated carbocycles. The molecule has 6 nitrogen and oxygen atoms in total. The Morgan fingerprint density at radius 1 is 1.05 bits per heavy atom. The highest BCUT2D eigenvalue weighted by Gasteiger charge is 2.08. The molecule has 0 unspecified atom stereocenters. The first-order valence-corrected chi connectivity index (χ1v) is 7.05. The lowest BCUT2D eigenvalue weighted by Crippen LogP contribution is -2.01. The van der Waals surface area contributed by atoms with Gasteiger partial charge in [0, 0.05) is 11.9 Å². The zero-order valence-corrected chi connectivity index (χ0v) is 12.1. The second-order valence-electron chi connectivity index (χ2n) is 4.69. The SMILES string of the molecule is Clc1nc(Nc2cn(-c3ccccc3)cn2)c2cccn2n1. The van der Waals surface area contributed by atoms with Crippen LogP contribution in [-0.4, -0.2) is 24.1 Å². The summed E-state index contributed by atoms with van der Waals surface area (Å²) in [6, 6.07) is 13.8. The summed E-state index contributed by atoms with van der Waals surface area (Å²) < 4.78 is 3.60. The smallest absolute Gasteiger partial charge is 0.243 e. The van der Waals surface area contributed by atoms with Crippen LogP contribution < -0.4 is 5.32 Å². The molecule has 4 aromatic rings. The maximum atomic E-state index is 5.94. The van der Waals surface area contributed by atoms with Crippen LogP contribution in [-0.2, 0) is 0 Å². The van der Waals surface area contributed by atoms with Crippen molar-refractivity contribution in [2.45, 2.75) is 0 Å². The van der Waals surface area contributed by atoms with Gasteiger partial charge >= 0.3 is 0 Å². The van der Waals surface area contributed by atoms with E-state index < -0.39 is 0 Å². The number of para-hydroxylation sites is 1. The lowest BCUT2D eigenvalue weighted by molar-refractivity contribution is 0.907. The number of rotatable bonds is 3. The van der Waals surface area contributed by atoms with E-state index in [0.29, 0.717) is 11.6 Å². The summed E-state index contributed by atoms with van der Waals surface area (Å²) in [5.74, 6) is 1.30. The number of fused-ring (bicyclic) bond motifs is 1. The minimum atomic E-state index is 0.175. The molecule has 22 heavy (non-hydrogen) atoms. The summed E-state index contributed by atoms with van der Waals surface area (Å²) in [5, 5.41) is 7.45. The van der Waals surface area contributed by atoms with Gasteiger partial charge in [-0.2, -0.15) is 4.98 Å². The molecule has 0 bridgehead atoms. The Bertz CT molecular complexity index is 928. The van der Waals surface area contributed by atoms with Crippen molar-refractivity contribution >= 4 is 28.8 Å². The number of imidazole rings is 1. The third-order valence-corrected chi connectivity index (χ3v) is 3.41. The van der Waals surface area contributed by atoms with Crippen molar-refractivity contribution in [3.63, 3.8) is 0 Å². The topological polar surface area (TPSA) is 60.0 Å². The van der Waals surface area contributed by atoms with Gasteiger partial charge in [-0.25, -0.2) is 9.50 Å². The molecule has 0 aliphatic carbocycles. The number of hydrogen-bond donors (Lipinski definition) is 1. The quantitative estimate of drug-likeness (QED) is 0.630. The van der Waals surface area contributed by atoms with E-state index in [2.05, 4.69) is 20.4 Å². The van der Waals surface area contributed by atoms with E-state index in [0.717, 1.165) is 11.2 Å². The van der Waals surface area contributed by atoms with Crippen LogP contribution in [0.2, 0.25) is 5.28 Å². The molecular formula is C15H11ClN6. The Balaban J connectivity index is 1.69. The first kappa shape index (κ1) is 12.8. The fourth-order valence-corrected chi connectivity index (χ4v) is 2.42. The van der Waals surface area contributed by atoms with Crippen molar-refractivity contribution in [3.8, 4) is 5.69 Å². The Hall–Kier alpha value is -2.86. The van der Waals surface area contributed by atoms with Crippen LogP contribution in [0.15, 0.2) is 61.2 Å². The van der Waals surface area contributed by atoms with E-state index in [1.165, 1.54) is 0 Å². The number of benzene rings is 1. The first-order chi connectivity index (χ1) is 10.8. The molecule has 3 aromatic heterocycles. The molecule has 1 aromatic carbocycles. The predicted molar refractivity (Wildman–Crippen MR) is 84.8 cm³/mol. The maximum absolute atomic E-state index is 5.94. The van der Waals surface area contributed by atoms with Crippen LogP contribution in [0, 0.1) is 0 Å². The molecule has 108 valence electrons. The molecule has 0 radical (unpaired) electrons. The second-order valence-corrected chi connectivity index (χ2v) is 5.03. The number of aromatic nitrogens is 5. The molecule has 0 saturated heterocycles. The van der Waals surface area contributed by atoms with E-state index >= 15 is 0 Å². The second kappa shape index (κ2) is 5.16. The highest BCUT2D eigenvalue weighted by molar-refractivity contribution is 6.28. The molecule has 7 heteroatoms. The normalized spacial score (nSPS) is 11.0. The van der Waals surface area contributed by atoms with Gasteiger partial charge in [0.05, 0.1) is 6.20 Å². The fraction of sp³-hybridized carbons (Fsp3) is 0. The Morgan fingerprint density at radius 3 is 2.77 bits per heavy atom. The highest BCUT2D eigenvalue weighted by atomic mass is 35.5. The Labute approximate surface area is 131 Å². The van der Waals surface area contributed by atoms with Crippen LogP contribution >= 0.6 is 11.6 Å². The summed E-state index contributed by atoms with van der Waals surface area (Å²) in [5.41, 5.74) is 1.87. The number of nitrogens with one attached hydrogen (secondary N) is 1. The molecule has 3 heterocycles. The van der Waals surface area contributed by atoms with Gasteiger partial charge in [-0.1, -0.05) is 18.2 Å². The largest absolute Gasteiger partial charge is 0.322 e. The molecule has 1 N–H and O–H groups in total. The summed E-state index contributed by atoms with van der Waals surface area (Å²) in [7, 11) is 0. The van der Waals surface area contributed by atoms with Gasteiger partial charge in [0.25, 0.3) is 0 Å². The maximum Gasteiger partial charge on any atom is 0.243 e. The average Bonchev–Trinajstić information content (AvgIpc) is 3.17.